The highest BCUT2D eigenvalue weighted by Gasteiger charge is 2.04. The fourth-order valence-electron chi connectivity index (χ4n) is 1.37. The zero-order valence-electron chi connectivity index (χ0n) is 9.19. The largest absolute Gasteiger partial charge is 0.493 e. The Balaban J connectivity index is 2.66. The van der Waals surface area contributed by atoms with Crippen LogP contribution in [0, 0.1) is 0 Å². The van der Waals surface area contributed by atoms with Gasteiger partial charge in [0.05, 0.1) is 27.4 Å². The number of hydrogen-bond donors (Lipinski definition) is 2. The molecule has 0 atom stereocenters. The minimum Gasteiger partial charge on any atom is -0.493 e. The van der Waals surface area contributed by atoms with Gasteiger partial charge in [-0.1, -0.05) is 0 Å². The third-order valence-corrected chi connectivity index (χ3v) is 2.16. The summed E-state index contributed by atoms with van der Waals surface area (Å²) in [5.74, 6) is 1.48. The van der Waals surface area contributed by atoms with Crippen molar-refractivity contribution in [2.75, 3.05) is 27.4 Å². The minimum atomic E-state index is 0.202. The molecular formula is C11H18NO3+. The first-order valence-corrected chi connectivity index (χ1v) is 4.95. The van der Waals surface area contributed by atoms with Gasteiger partial charge in [0.2, 0.25) is 0 Å². The van der Waals surface area contributed by atoms with Crippen LogP contribution >= 0.6 is 0 Å². The van der Waals surface area contributed by atoms with Gasteiger partial charge < -0.3 is 19.9 Å². The van der Waals surface area contributed by atoms with Crippen molar-refractivity contribution in [2.24, 2.45) is 0 Å². The molecule has 0 saturated carbocycles. The van der Waals surface area contributed by atoms with Crippen molar-refractivity contribution >= 4 is 0 Å². The quantitative estimate of drug-likeness (QED) is 0.640. The van der Waals surface area contributed by atoms with Gasteiger partial charge in [-0.05, 0) is 18.2 Å². The molecule has 0 aliphatic carbocycles. The van der Waals surface area contributed by atoms with Gasteiger partial charge in [0.25, 0.3) is 0 Å². The van der Waals surface area contributed by atoms with Crippen LogP contribution in [0.1, 0.15) is 5.56 Å². The zero-order valence-corrected chi connectivity index (χ0v) is 9.19. The molecule has 0 bridgehead atoms. The van der Waals surface area contributed by atoms with E-state index in [1.165, 1.54) is 0 Å². The van der Waals surface area contributed by atoms with Crippen molar-refractivity contribution in [1.29, 1.82) is 0 Å². The van der Waals surface area contributed by atoms with Crippen molar-refractivity contribution in [3.8, 4) is 11.5 Å². The number of rotatable bonds is 6. The Hall–Kier alpha value is -1.26. The van der Waals surface area contributed by atoms with E-state index in [0.717, 1.165) is 23.6 Å². The van der Waals surface area contributed by atoms with Crippen molar-refractivity contribution in [1.82, 2.24) is 0 Å². The highest BCUT2D eigenvalue weighted by Crippen LogP contribution is 2.26. The monoisotopic (exact) mass is 212 g/mol. The lowest BCUT2D eigenvalue weighted by molar-refractivity contribution is -0.671. The van der Waals surface area contributed by atoms with E-state index in [9.17, 15) is 0 Å². The average Bonchev–Trinajstić information content (AvgIpc) is 2.29. The Labute approximate surface area is 89.8 Å². The van der Waals surface area contributed by atoms with Gasteiger partial charge in [0.15, 0.2) is 11.5 Å². The minimum absolute atomic E-state index is 0.202. The van der Waals surface area contributed by atoms with E-state index in [-0.39, 0.29) is 6.61 Å². The maximum Gasteiger partial charge on any atom is 0.161 e. The maximum atomic E-state index is 8.65. The molecular weight excluding hydrogens is 194 g/mol. The third-order valence-electron chi connectivity index (χ3n) is 2.16. The summed E-state index contributed by atoms with van der Waals surface area (Å²) in [5, 5.41) is 10.7. The smallest absolute Gasteiger partial charge is 0.161 e. The van der Waals surface area contributed by atoms with Crippen LogP contribution in [0.5, 0.6) is 11.5 Å². The summed E-state index contributed by atoms with van der Waals surface area (Å²) >= 11 is 0. The van der Waals surface area contributed by atoms with Crippen LogP contribution in [-0.2, 0) is 6.54 Å². The van der Waals surface area contributed by atoms with Gasteiger partial charge in [-0.2, -0.15) is 0 Å². The Bertz CT molecular complexity index is 302. The fourth-order valence-corrected chi connectivity index (χ4v) is 1.37. The Morgan fingerprint density at radius 2 is 1.93 bits per heavy atom. The number of aliphatic hydroxyl groups is 1. The van der Waals surface area contributed by atoms with Crippen LogP contribution in [0.15, 0.2) is 18.2 Å². The van der Waals surface area contributed by atoms with Crippen LogP contribution in [-0.4, -0.2) is 32.5 Å². The number of aliphatic hydroxyl groups excluding tert-OH is 1. The van der Waals surface area contributed by atoms with Crippen molar-refractivity contribution in [3.05, 3.63) is 23.8 Å². The molecule has 1 rings (SSSR count). The molecule has 0 spiro atoms. The van der Waals surface area contributed by atoms with Gasteiger partial charge in [-0.25, -0.2) is 0 Å². The van der Waals surface area contributed by atoms with E-state index < -0.39 is 0 Å². The SMILES string of the molecule is COc1ccc(C[NH2+]CCO)cc1OC. The lowest BCUT2D eigenvalue weighted by Gasteiger charge is -2.08. The Kier molecular flexibility index (Phi) is 4.93. The van der Waals surface area contributed by atoms with Crippen LogP contribution in [0.3, 0.4) is 0 Å². The standard InChI is InChI=1S/C11H17NO3/c1-14-10-4-3-9(7-11(10)15-2)8-12-5-6-13/h3-4,7,12-13H,5-6,8H2,1-2H3/p+1. The predicted molar refractivity (Wildman–Crippen MR) is 57.1 cm³/mol. The molecule has 15 heavy (non-hydrogen) atoms. The lowest BCUT2D eigenvalue weighted by atomic mass is 10.2. The molecule has 4 heteroatoms. The summed E-state index contributed by atoms with van der Waals surface area (Å²) in [5.41, 5.74) is 1.15. The van der Waals surface area contributed by atoms with Crippen molar-refractivity contribution < 1.29 is 19.9 Å². The summed E-state index contributed by atoms with van der Waals surface area (Å²) in [6.45, 7) is 1.75. The molecule has 0 aliphatic rings. The van der Waals surface area contributed by atoms with Crippen molar-refractivity contribution in [2.45, 2.75) is 6.54 Å². The summed E-state index contributed by atoms with van der Waals surface area (Å²) in [6, 6.07) is 5.84. The second-order valence-electron chi connectivity index (χ2n) is 3.19. The summed E-state index contributed by atoms with van der Waals surface area (Å²) < 4.78 is 10.3. The van der Waals surface area contributed by atoms with E-state index in [0.29, 0.717) is 6.54 Å². The van der Waals surface area contributed by atoms with Crippen LogP contribution in [0.4, 0.5) is 0 Å². The number of hydrogen-bond acceptors (Lipinski definition) is 3. The Morgan fingerprint density at radius 1 is 1.20 bits per heavy atom. The summed E-state index contributed by atoms with van der Waals surface area (Å²) in [6.07, 6.45) is 0. The molecule has 4 nitrogen and oxygen atoms in total. The molecule has 0 aliphatic heterocycles. The van der Waals surface area contributed by atoms with Crippen LogP contribution < -0.4 is 14.8 Å². The molecule has 0 heterocycles. The van der Waals surface area contributed by atoms with Gasteiger partial charge in [-0.3, -0.25) is 0 Å². The summed E-state index contributed by atoms with van der Waals surface area (Å²) in [7, 11) is 3.24. The number of ether oxygens (including phenoxy) is 2. The third kappa shape index (κ3) is 3.42. The van der Waals surface area contributed by atoms with E-state index in [2.05, 4.69) is 0 Å². The Morgan fingerprint density at radius 3 is 2.53 bits per heavy atom. The molecule has 84 valence electrons. The molecule has 3 N–H and O–H groups in total. The molecule has 1 aromatic rings. The van der Waals surface area contributed by atoms with Gasteiger partial charge in [0.1, 0.15) is 6.54 Å². The first kappa shape index (κ1) is 11.8. The van der Waals surface area contributed by atoms with Crippen LogP contribution in [0.25, 0.3) is 0 Å². The molecule has 1 aromatic carbocycles. The molecule has 0 amide bonds. The first-order chi connectivity index (χ1) is 7.31. The van der Waals surface area contributed by atoms with E-state index in [1.54, 1.807) is 14.2 Å². The van der Waals surface area contributed by atoms with E-state index in [4.69, 9.17) is 14.6 Å². The fraction of sp³-hybridized carbons (Fsp3) is 0.455. The lowest BCUT2D eigenvalue weighted by Crippen LogP contribution is -2.83. The molecule has 0 unspecified atom stereocenters. The van der Waals surface area contributed by atoms with Gasteiger partial charge in [0, 0.05) is 5.56 Å². The highest BCUT2D eigenvalue weighted by molar-refractivity contribution is 5.42. The number of benzene rings is 1. The van der Waals surface area contributed by atoms with E-state index >= 15 is 0 Å². The topological polar surface area (TPSA) is 55.3 Å². The van der Waals surface area contributed by atoms with Gasteiger partial charge >= 0.3 is 0 Å². The molecule has 0 radical (unpaired) electrons. The second kappa shape index (κ2) is 6.27. The molecule has 0 fully saturated rings. The second-order valence-corrected chi connectivity index (χ2v) is 3.19. The predicted octanol–water partition coefficient (Wildman–Crippen LogP) is -0.240. The number of methoxy groups -OCH3 is 2. The van der Waals surface area contributed by atoms with E-state index in [1.807, 2.05) is 23.5 Å². The maximum absolute atomic E-state index is 8.65. The van der Waals surface area contributed by atoms with Gasteiger partial charge in [-0.15, -0.1) is 0 Å². The average molecular weight is 212 g/mol. The van der Waals surface area contributed by atoms with Crippen molar-refractivity contribution in [3.63, 3.8) is 0 Å². The molecule has 0 aromatic heterocycles. The zero-order chi connectivity index (χ0) is 11.1. The number of quaternary nitrogens is 1. The summed E-state index contributed by atoms with van der Waals surface area (Å²) in [4.78, 5) is 0. The molecule has 0 saturated heterocycles. The highest BCUT2D eigenvalue weighted by atomic mass is 16.5. The normalized spacial score (nSPS) is 10.1. The first-order valence-electron chi connectivity index (χ1n) is 4.95. The van der Waals surface area contributed by atoms with Crippen LogP contribution in [0.2, 0.25) is 0 Å². The number of nitrogens with two attached hydrogens (primary N) is 1.